The van der Waals surface area contributed by atoms with Crippen LogP contribution >= 0.6 is 0 Å². The maximum absolute atomic E-state index is 4.57. The molecule has 3 nitrogen and oxygen atoms in total. The van der Waals surface area contributed by atoms with Gasteiger partial charge in [-0.1, -0.05) is 27.7 Å². The molecule has 0 saturated heterocycles. The average Bonchev–Trinajstić information content (AvgIpc) is 2.56. The summed E-state index contributed by atoms with van der Waals surface area (Å²) < 4.78 is 2.09. The van der Waals surface area contributed by atoms with Gasteiger partial charge in [-0.3, -0.25) is 4.68 Å². The summed E-state index contributed by atoms with van der Waals surface area (Å²) in [5, 5.41) is 7.99. The highest BCUT2D eigenvalue weighted by atomic mass is 15.3. The monoisotopic (exact) mass is 237 g/mol. The molecule has 1 N–H and O–H groups in total. The highest BCUT2D eigenvalue weighted by molar-refractivity contribution is 5.14. The second kappa shape index (κ2) is 6.20. The average molecular weight is 237 g/mol. The number of hydrogen-bond donors (Lipinski definition) is 1. The van der Waals surface area contributed by atoms with Crippen LogP contribution < -0.4 is 5.32 Å². The molecule has 0 amide bonds. The molecule has 17 heavy (non-hydrogen) atoms. The van der Waals surface area contributed by atoms with Crippen LogP contribution in [0.1, 0.15) is 51.8 Å². The van der Waals surface area contributed by atoms with E-state index in [-0.39, 0.29) is 0 Å². The number of nitrogens with zero attached hydrogens (tertiary/aromatic N) is 2. The van der Waals surface area contributed by atoms with Gasteiger partial charge in [0.1, 0.15) is 0 Å². The van der Waals surface area contributed by atoms with Gasteiger partial charge in [0.05, 0.1) is 5.69 Å². The molecule has 0 aliphatic heterocycles. The lowest BCUT2D eigenvalue weighted by atomic mass is 9.92. The molecule has 0 fully saturated rings. The zero-order valence-electron chi connectivity index (χ0n) is 12.0. The largest absolute Gasteiger partial charge is 0.313 e. The molecule has 0 spiro atoms. The van der Waals surface area contributed by atoms with E-state index < -0.39 is 0 Å². The van der Waals surface area contributed by atoms with Crippen molar-refractivity contribution in [2.45, 2.75) is 60.5 Å². The zero-order valence-corrected chi connectivity index (χ0v) is 12.0. The van der Waals surface area contributed by atoms with E-state index in [1.54, 1.807) is 0 Å². The molecule has 0 aliphatic carbocycles. The van der Waals surface area contributed by atoms with Gasteiger partial charge in [0.2, 0.25) is 0 Å². The van der Waals surface area contributed by atoms with Gasteiger partial charge in [0.25, 0.3) is 0 Å². The summed E-state index contributed by atoms with van der Waals surface area (Å²) >= 11 is 0. The fraction of sp³-hybridized carbons (Fsp3) is 0.786. The van der Waals surface area contributed by atoms with Crippen molar-refractivity contribution in [2.75, 3.05) is 6.54 Å². The van der Waals surface area contributed by atoms with Gasteiger partial charge in [0, 0.05) is 24.8 Å². The van der Waals surface area contributed by atoms with E-state index in [4.69, 9.17) is 0 Å². The number of hydrogen-bond acceptors (Lipinski definition) is 2. The Morgan fingerprint density at radius 1 is 1.35 bits per heavy atom. The molecular formula is C14H27N3. The molecule has 1 aromatic heterocycles. The highest BCUT2D eigenvalue weighted by Crippen LogP contribution is 2.19. The summed E-state index contributed by atoms with van der Waals surface area (Å²) in [6.07, 6.45) is 4.52. The second-order valence-corrected chi connectivity index (χ2v) is 5.99. The first-order chi connectivity index (χ1) is 7.92. The highest BCUT2D eigenvalue weighted by Gasteiger charge is 2.11. The van der Waals surface area contributed by atoms with E-state index in [2.05, 4.69) is 55.9 Å². The first-order valence-electron chi connectivity index (χ1n) is 6.66. The first kappa shape index (κ1) is 14.2. The molecule has 0 unspecified atom stereocenters. The third-order valence-electron chi connectivity index (χ3n) is 2.88. The Kier molecular flexibility index (Phi) is 5.19. The van der Waals surface area contributed by atoms with Gasteiger partial charge in [-0.25, -0.2) is 0 Å². The number of aromatic nitrogens is 2. The van der Waals surface area contributed by atoms with Crippen LogP contribution in [0.5, 0.6) is 0 Å². The molecule has 98 valence electrons. The third kappa shape index (κ3) is 5.35. The fourth-order valence-electron chi connectivity index (χ4n) is 1.70. The lowest BCUT2D eigenvalue weighted by Crippen LogP contribution is -2.14. The molecule has 0 aromatic carbocycles. The van der Waals surface area contributed by atoms with Gasteiger partial charge >= 0.3 is 0 Å². The van der Waals surface area contributed by atoms with Gasteiger partial charge in [0.15, 0.2) is 0 Å². The minimum Gasteiger partial charge on any atom is -0.313 e. The zero-order chi connectivity index (χ0) is 12.9. The molecule has 0 aliphatic rings. The summed E-state index contributed by atoms with van der Waals surface area (Å²) in [6.45, 7) is 14.1. The van der Waals surface area contributed by atoms with Crippen LogP contribution in [-0.4, -0.2) is 16.3 Å². The number of aryl methyl sites for hydroxylation is 2. The Morgan fingerprint density at radius 2 is 2.06 bits per heavy atom. The number of nitrogens with one attached hydrogen (secondary N) is 1. The maximum atomic E-state index is 4.57. The quantitative estimate of drug-likeness (QED) is 0.770. The molecule has 0 radical (unpaired) electrons. The van der Waals surface area contributed by atoms with Crippen molar-refractivity contribution in [3.63, 3.8) is 0 Å². The lowest BCUT2D eigenvalue weighted by molar-refractivity contribution is 0.340. The summed E-state index contributed by atoms with van der Waals surface area (Å²) in [6, 6.07) is 0. The predicted molar refractivity (Wildman–Crippen MR) is 73.0 cm³/mol. The van der Waals surface area contributed by atoms with Crippen molar-refractivity contribution in [1.82, 2.24) is 15.1 Å². The van der Waals surface area contributed by atoms with E-state index in [1.165, 1.54) is 12.0 Å². The third-order valence-corrected chi connectivity index (χ3v) is 2.88. The minimum atomic E-state index is 0.375. The smallest absolute Gasteiger partial charge is 0.0638 e. The van der Waals surface area contributed by atoms with Crippen molar-refractivity contribution in [3.8, 4) is 0 Å². The molecule has 0 saturated carbocycles. The van der Waals surface area contributed by atoms with Crippen LogP contribution in [0.4, 0.5) is 0 Å². The fourth-order valence-corrected chi connectivity index (χ4v) is 1.70. The van der Waals surface area contributed by atoms with Gasteiger partial charge in [-0.15, -0.1) is 0 Å². The summed E-state index contributed by atoms with van der Waals surface area (Å²) in [4.78, 5) is 0. The first-order valence-corrected chi connectivity index (χ1v) is 6.66. The van der Waals surface area contributed by atoms with E-state index in [1.807, 2.05) is 0 Å². The van der Waals surface area contributed by atoms with Crippen LogP contribution in [0.25, 0.3) is 0 Å². The van der Waals surface area contributed by atoms with Crippen molar-refractivity contribution in [1.29, 1.82) is 0 Å². The second-order valence-electron chi connectivity index (χ2n) is 5.99. The minimum absolute atomic E-state index is 0.375. The van der Waals surface area contributed by atoms with E-state index in [0.29, 0.717) is 5.41 Å². The molecule has 1 aromatic rings. The van der Waals surface area contributed by atoms with E-state index >= 15 is 0 Å². The summed E-state index contributed by atoms with van der Waals surface area (Å²) in [5.74, 6) is 0. The van der Waals surface area contributed by atoms with Crippen molar-refractivity contribution >= 4 is 0 Å². The van der Waals surface area contributed by atoms with E-state index in [0.717, 1.165) is 31.7 Å². The molecular weight excluding hydrogens is 210 g/mol. The molecule has 0 bridgehead atoms. The Hall–Kier alpha value is -0.830. The van der Waals surface area contributed by atoms with Crippen LogP contribution in [0.15, 0.2) is 6.20 Å². The lowest BCUT2D eigenvalue weighted by Gasteiger charge is -2.17. The Bertz CT molecular complexity index is 334. The van der Waals surface area contributed by atoms with Crippen LogP contribution in [-0.2, 0) is 13.1 Å². The van der Waals surface area contributed by atoms with Gasteiger partial charge < -0.3 is 5.32 Å². The molecule has 1 rings (SSSR count). The van der Waals surface area contributed by atoms with Crippen molar-refractivity contribution < 1.29 is 0 Å². The van der Waals surface area contributed by atoms with E-state index in [9.17, 15) is 0 Å². The summed E-state index contributed by atoms with van der Waals surface area (Å²) in [7, 11) is 0. The summed E-state index contributed by atoms with van der Waals surface area (Å²) in [5.41, 5.74) is 2.86. The molecule has 0 atom stereocenters. The molecule has 1 heterocycles. The Balaban J connectivity index is 2.49. The normalized spacial score (nSPS) is 12.1. The Labute approximate surface area is 106 Å². The Morgan fingerprint density at radius 3 is 2.65 bits per heavy atom. The van der Waals surface area contributed by atoms with Crippen LogP contribution in [0.2, 0.25) is 0 Å². The molecule has 3 heteroatoms. The van der Waals surface area contributed by atoms with Crippen LogP contribution in [0, 0.1) is 12.3 Å². The van der Waals surface area contributed by atoms with Gasteiger partial charge in [-0.05, 0) is 31.7 Å². The van der Waals surface area contributed by atoms with Crippen molar-refractivity contribution in [3.05, 3.63) is 17.5 Å². The van der Waals surface area contributed by atoms with Crippen molar-refractivity contribution in [2.24, 2.45) is 5.41 Å². The number of rotatable bonds is 6. The maximum Gasteiger partial charge on any atom is 0.0638 e. The topological polar surface area (TPSA) is 29.9 Å². The van der Waals surface area contributed by atoms with Crippen LogP contribution in [0.3, 0.4) is 0 Å². The van der Waals surface area contributed by atoms with Gasteiger partial charge in [-0.2, -0.15) is 5.10 Å². The predicted octanol–water partition coefficient (Wildman–Crippen LogP) is 3.13. The SMILES string of the molecule is CCCNCc1cn(CCC(C)(C)C)nc1C. The standard InChI is InChI=1S/C14H27N3/c1-6-8-15-10-13-11-17(16-12(13)2)9-7-14(3,4)5/h11,15H,6-10H2,1-5H3.